The van der Waals surface area contributed by atoms with Crippen molar-refractivity contribution in [3.05, 3.63) is 28.8 Å². The molecular weight excluding hydrogens is 282 g/mol. The van der Waals surface area contributed by atoms with E-state index in [1.54, 1.807) is 0 Å². The minimum Gasteiger partial charge on any atom is -0.482 e. The Morgan fingerprint density at radius 3 is 2.75 bits per heavy atom. The maximum absolute atomic E-state index is 11.7. The molecule has 1 aliphatic carbocycles. The van der Waals surface area contributed by atoms with Gasteiger partial charge in [-0.15, -0.1) is 0 Å². The van der Waals surface area contributed by atoms with Gasteiger partial charge in [0.15, 0.2) is 6.61 Å². The molecule has 0 unspecified atom stereocenters. The highest BCUT2D eigenvalue weighted by atomic mass is 35.5. The van der Waals surface area contributed by atoms with E-state index in [-0.39, 0.29) is 29.1 Å². The Kier molecular flexibility index (Phi) is 4.49. The van der Waals surface area contributed by atoms with E-state index < -0.39 is 5.97 Å². The number of nitrogens with one attached hydrogen (secondary N) is 1. The van der Waals surface area contributed by atoms with Crippen LogP contribution in [0, 0.1) is 5.92 Å². The van der Waals surface area contributed by atoms with Gasteiger partial charge in [0.05, 0.1) is 10.6 Å². The fraction of sp³-hybridized carbons (Fsp3) is 0.429. The maximum atomic E-state index is 11.7. The summed E-state index contributed by atoms with van der Waals surface area (Å²) in [5, 5.41) is 11.8. The second-order valence-corrected chi connectivity index (χ2v) is 5.34. The van der Waals surface area contributed by atoms with Crippen molar-refractivity contribution in [1.29, 1.82) is 0 Å². The number of carbonyl (C=O) groups is 2. The molecule has 1 aromatic rings. The van der Waals surface area contributed by atoms with Crippen LogP contribution in [0.3, 0.4) is 0 Å². The van der Waals surface area contributed by atoms with Crippen LogP contribution in [0.25, 0.3) is 0 Å². The Balaban J connectivity index is 1.86. The number of hydrogen-bond acceptors (Lipinski definition) is 3. The van der Waals surface area contributed by atoms with Gasteiger partial charge in [-0.25, -0.2) is 4.79 Å². The van der Waals surface area contributed by atoms with Gasteiger partial charge in [0, 0.05) is 6.04 Å². The zero-order chi connectivity index (χ0) is 14.7. The van der Waals surface area contributed by atoms with Crippen LogP contribution in [0.2, 0.25) is 5.02 Å². The number of amides is 1. The molecule has 108 valence electrons. The molecule has 5 nitrogen and oxygen atoms in total. The molecule has 1 aromatic carbocycles. The van der Waals surface area contributed by atoms with Crippen LogP contribution in [-0.4, -0.2) is 29.6 Å². The first-order valence-electron chi connectivity index (χ1n) is 6.42. The lowest BCUT2D eigenvalue weighted by Crippen LogP contribution is -2.37. The number of halogens is 1. The molecule has 0 radical (unpaired) electrons. The van der Waals surface area contributed by atoms with E-state index in [1.807, 2.05) is 6.92 Å². The molecule has 2 N–H and O–H groups in total. The Labute approximate surface area is 121 Å². The average molecular weight is 298 g/mol. The monoisotopic (exact) mass is 297 g/mol. The highest BCUT2D eigenvalue weighted by Crippen LogP contribution is 2.32. The van der Waals surface area contributed by atoms with Gasteiger partial charge >= 0.3 is 5.97 Å². The maximum Gasteiger partial charge on any atom is 0.335 e. The molecule has 1 amide bonds. The van der Waals surface area contributed by atoms with Crippen LogP contribution in [0.1, 0.15) is 30.1 Å². The lowest BCUT2D eigenvalue weighted by Gasteiger charge is -2.13. The summed E-state index contributed by atoms with van der Waals surface area (Å²) in [6, 6.07) is 4.29. The summed E-state index contributed by atoms with van der Waals surface area (Å²) in [4.78, 5) is 22.4. The third-order valence-corrected chi connectivity index (χ3v) is 3.55. The third kappa shape index (κ3) is 3.87. The number of carbonyl (C=O) groups excluding carboxylic acids is 1. The highest BCUT2D eigenvalue weighted by Gasteiger charge is 2.28. The molecule has 0 heterocycles. The van der Waals surface area contributed by atoms with Gasteiger partial charge in [-0.3, -0.25) is 4.79 Å². The van der Waals surface area contributed by atoms with E-state index in [9.17, 15) is 9.59 Å². The summed E-state index contributed by atoms with van der Waals surface area (Å²) in [5.74, 6) is -0.388. The molecule has 0 saturated heterocycles. The van der Waals surface area contributed by atoms with E-state index in [2.05, 4.69) is 5.32 Å². The Morgan fingerprint density at radius 1 is 1.50 bits per heavy atom. The normalized spacial score (nSPS) is 15.5. The molecule has 0 aromatic heterocycles. The predicted molar refractivity (Wildman–Crippen MR) is 74.2 cm³/mol. The lowest BCUT2D eigenvalue weighted by molar-refractivity contribution is -0.123. The molecule has 20 heavy (non-hydrogen) atoms. The van der Waals surface area contributed by atoms with Crippen LogP contribution in [0.15, 0.2) is 18.2 Å². The Hall–Kier alpha value is -1.75. The van der Waals surface area contributed by atoms with Crippen molar-refractivity contribution < 1.29 is 19.4 Å². The Morgan fingerprint density at radius 2 is 2.20 bits per heavy atom. The van der Waals surface area contributed by atoms with Gasteiger partial charge in [0.1, 0.15) is 5.75 Å². The minimum atomic E-state index is -1.06. The Bertz CT molecular complexity index is 528. The van der Waals surface area contributed by atoms with Crippen LogP contribution < -0.4 is 10.1 Å². The first-order chi connectivity index (χ1) is 9.47. The average Bonchev–Trinajstić information content (AvgIpc) is 3.21. The molecule has 1 atom stereocenters. The summed E-state index contributed by atoms with van der Waals surface area (Å²) < 4.78 is 5.30. The SMILES string of the molecule is C[C@H](NC(=O)COc1ccc(C(=O)O)cc1Cl)C1CC1. The van der Waals surface area contributed by atoms with Crippen LogP contribution in [-0.2, 0) is 4.79 Å². The quantitative estimate of drug-likeness (QED) is 0.845. The number of rotatable bonds is 6. The summed E-state index contributed by atoms with van der Waals surface area (Å²) in [7, 11) is 0. The number of carboxylic acid groups (broad SMARTS) is 1. The topological polar surface area (TPSA) is 75.6 Å². The van der Waals surface area contributed by atoms with Gasteiger partial charge in [-0.05, 0) is 43.9 Å². The summed E-state index contributed by atoms with van der Waals surface area (Å²) in [5.41, 5.74) is 0.0779. The molecule has 1 fully saturated rings. The lowest BCUT2D eigenvalue weighted by atomic mass is 10.2. The van der Waals surface area contributed by atoms with E-state index in [0.717, 1.165) is 12.8 Å². The van der Waals surface area contributed by atoms with Gasteiger partial charge in [0.2, 0.25) is 0 Å². The summed E-state index contributed by atoms with van der Waals surface area (Å²) in [6.45, 7) is 1.84. The number of benzene rings is 1. The standard InChI is InChI=1S/C14H16ClNO4/c1-8(9-2-3-9)16-13(17)7-20-12-5-4-10(14(18)19)6-11(12)15/h4-6,8-9H,2-3,7H2,1H3,(H,16,17)(H,18,19)/t8-/m0/s1. The number of hydrogen-bond donors (Lipinski definition) is 2. The number of ether oxygens (including phenoxy) is 1. The van der Waals surface area contributed by atoms with Crippen LogP contribution >= 0.6 is 11.6 Å². The van der Waals surface area contributed by atoms with Gasteiger partial charge < -0.3 is 15.2 Å². The molecular formula is C14H16ClNO4. The van der Waals surface area contributed by atoms with Crippen molar-refractivity contribution in [2.75, 3.05) is 6.61 Å². The fourth-order valence-corrected chi connectivity index (χ4v) is 2.14. The van der Waals surface area contributed by atoms with Gasteiger partial charge in [-0.1, -0.05) is 11.6 Å². The van der Waals surface area contributed by atoms with E-state index in [4.69, 9.17) is 21.4 Å². The smallest absolute Gasteiger partial charge is 0.335 e. The zero-order valence-corrected chi connectivity index (χ0v) is 11.8. The second-order valence-electron chi connectivity index (χ2n) is 4.93. The molecule has 0 aliphatic heterocycles. The van der Waals surface area contributed by atoms with E-state index in [0.29, 0.717) is 11.7 Å². The first kappa shape index (κ1) is 14.7. The highest BCUT2D eigenvalue weighted by molar-refractivity contribution is 6.32. The summed E-state index contributed by atoms with van der Waals surface area (Å²) in [6.07, 6.45) is 2.32. The van der Waals surface area contributed by atoms with Crippen molar-refractivity contribution in [2.45, 2.75) is 25.8 Å². The van der Waals surface area contributed by atoms with Gasteiger partial charge in [0.25, 0.3) is 5.91 Å². The molecule has 0 bridgehead atoms. The molecule has 6 heteroatoms. The molecule has 2 rings (SSSR count). The zero-order valence-electron chi connectivity index (χ0n) is 11.1. The first-order valence-corrected chi connectivity index (χ1v) is 6.80. The van der Waals surface area contributed by atoms with E-state index >= 15 is 0 Å². The predicted octanol–water partition coefficient (Wildman–Crippen LogP) is 2.33. The summed E-state index contributed by atoms with van der Waals surface area (Å²) >= 11 is 5.90. The molecule has 0 spiro atoms. The third-order valence-electron chi connectivity index (χ3n) is 3.26. The number of aromatic carboxylic acids is 1. The van der Waals surface area contributed by atoms with Crippen molar-refractivity contribution in [3.8, 4) is 5.75 Å². The van der Waals surface area contributed by atoms with Crippen molar-refractivity contribution in [1.82, 2.24) is 5.32 Å². The van der Waals surface area contributed by atoms with Crippen molar-refractivity contribution in [2.24, 2.45) is 5.92 Å². The fourth-order valence-electron chi connectivity index (χ4n) is 1.90. The van der Waals surface area contributed by atoms with Crippen molar-refractivity contribution in [3.63, 3.8) is 0 Å². The van der Waals surface area contributed by atoms with Crippen LogP contribution in [0.4, 0.5) is 0 Å². The van der Waals surface area contributed by atoms with Crippen LogP contribution in [0.5, 0.6) is 5.75 Å². The molecule has 1 aliphatic rings. The largest absolute Gasteiger partial charge is 0.482 e. The minimum absolute atomic E-state index is 0.0779. The van der Waals surface area contributed by atoms with Gasteiger partial charge in [-0.2, -0.15) is 0 Å². The number of carboxylic acids is 1. The second kappa shape index (κ2) is 6.13. The van der Waals surface area contributed by atoms with Crippen molar-refractivity contribution >= 4 is 23.5 Å². The molecule has 1 saturated carbocycles. The van der Waals surface area contributed by atoms with E-state index in [1.165, 1.54) is 18.2 Å².